The molecule has 1 aromatic carbocycles. The fraction of sp³-hybridized carbons (Fsp3) is 0.0667. The Morgan fingerprint density at radius 3 is 2.95 bits per heavy atom. The van der Waals surface area contributed by atoms with Crippen molar-refractivity contribution in [1.29, 1.82) is 0 Å². The lowest BCUT2D eigenvalue weighted by Gasteiger charge is -1.94. The van der Waals surface area contributed by atoms with Crippen molar-refractivity contribution in [3.63, 3.8) is 0 Å². The Morgan fingerprint density at radius 1 is 1.29 bits per heavy atom. The van der Waals surface area contributed by atoms with Crippen molar-refractivity contribution in [2.24, 2.45) is 0 Å². The van der Waals surface area contributed by atoms with E-state index in [2.05, 4.69) is 22.0 Å². The van der Waals surface area contributed by atoms with Gasteiger partial charge in [0, 0.05) is 16.1 Å². The van der Waals surface area contributed by atoms with Gasteiger partial charge in [0.15, 0.2) is 0 Å². The molecule has 0 aliphatic heterocycles. The number of thiophene rings is 1. The molecule has 0 aliphatic rings. The van der Waals surface area contributed by atoms with Crippen LogP contribution in [0.1, 0.15) is 15.3 Å². The molecule has 21 heavy (non-hydrogen) atoms. The Balaban J connectivity index is 1.77. The lowest BCUT2D eigenvalue weighted by molar-refractivity contribution is 0.772. The third-order valence-electron chi connectivity index (χ3n) is 2.82. The summed E-state index contributed by atoms with van der Waals surface area (Å²) in [6.45, 7) is 0.500. The van der Waals surface area contributed by atoms with Gasteiger partial charge in [-0.05, 0) is 30.3 Å². The number of nitrogens with two attached hydrogens (primary N) is 1. The summed E-state index contributed by atoms with van der Waals surface area (Å²) in [5, 5.41) is 6.07. The molecule has 0 radical (unpaired) electrons. The zero-order valence-electron chi connectivity index (χ0n) is 11.0. The SMILES string of the molecule is Nc1cccc(C#Cc2ccc(Cn3cn[nH]c3=O)s2)c1. The van der Waals surface area contributed by atoms with E-state index < -0.39 is 0 Å². The first-order valence-corrected chi connectivity index (χ1v) is 7.08. The number of anilines is 1. The van der Waals surface area contributed by atoms with Gasteiger partial charge in [0.05, 0.1) is 11.4 Å². The smallest absolute Gasteiger partial charge is 0.343 e. The molecule has 2 aromatic heterocycles. The summed E-state index contributed by atoms with van der Waals surface area (Å²) in [5.74, 6) is 6.18. The highest BCUT2D eigenvalue weighted by Crippen LogP contribution is 2.16. The number of rotatable bonds is 2. The van der Waals surface area contributed by atoms with Gasteiger partial charge < -0.3 is 5.73 Å². The Kier molecular flexibility index (Phi) is 3.58. The molecule has 0 spiro atoms. The van der Waals surface area contributed by atoms with E-state index in [1.165, 1.54) is 10.9 Å². The number of nitrogens with one attached hydrogen (secondary N) is 1. The highest BCUT2D eigenvalue weighted by atomic mass is 32.1. The van der Waals surface area contributed by atoms with Crippen LogP contribution in [0.4, 0.5) is 5.69 Å². The molecule has 5 nitrogen and oxygen atoms in total. The number of aromatic amines is 1. The third kappa shape index (κ3) is 3.22. The van der Waals surface area contributed by atoms with Crippen molar-refractivity contribution >= 4 is 17.0 Å². The minimum absolute atomic E-state index is 0.212. The van der Waals surface area contributed by atoms with E-state index in [1.807, 2.05) is 36.4 Å². The third-order valence-corrected chi connectivity index (χ3v) is 3.81. The molecule has 3 N–H and O–H groups in total. The first kappa shape index (κ1) is 13.2. The second kappa shape index (κ2) is 5.69. The quantitative estimate of drug-likeness (QED) is 0.558. The highest BCUT2D eigenvalue weighted by Gasteiger charge is 2.02. The Labute approximate surface area is 125 Å². The first-order chi connectivity index (χ1) is 10.2. The van der Waals surface area contributed by atoms with E-state index in [1.54, 1.807) is 11.3 Å². The fourth-order valence-electron chi connectivity index (χ4n) is 1.83. The van der Waals surface area contributed by atoms with Crippen LogP contribution in [-0.2, 0) is 6.54 Å². The highest BCUT2D eigenvalue weighted by molar-refractivity contribution is 7.12. The second-order valence-electron chi connectivity index (χ2n) is 4.43. The van der Waals surface area contributed by atoms with Crippen LogP contribution in [0.25, 0.3) is 0 Å². The fourth-order valence-corrected chi connectivity index (χ4v) is 2.69. The number of hydrogen-bond acceptors (Lipinski definition) is 4. The summed E-state index contributed by atoms with van der Waals surface area (Å²) in [6, 6.07) is 11.4. The standard InChI is InChI=1S/C15H12N4OS/c16-12-3-1-2-11(8-12)4-5-13-6-7-14(21-13)9-19-10-17-18-15(19)20/h1-3,6-8,10H,9,16H2,(H,18,20). The van der Waals surface area contributed by atoms with Gasteiger partial charge in [-0.25, -0.2) is 9.89 Å². The van der Waals surface area contributed by atoms with Crippen LogP contribution in [0.5, 0.6) is 0 Å². The molecule has 3 aromatic rings. The molecule has 0 unspecified atom stereocenters. The summed E-state index contributed by atoms with van der Waals surface area (Å²) >= 11 is 1.56. The lowest BCUT2D eigenvalue weighted by atomic mass is 10.2. The van der Waals surface area contributed by atoms with Crippen LogP contribution < -0.4 is 11.4 Å². The van der Waals surface area contributed by atoms with Crippen molar-refractivity contribution in [2.45, 2.75) is 6.54 Å². The van der Waals surface area contributed by atoms with Gasteiger partial charge in [-0.2, -0.15) is 5.10 Å². The normalized spacial score (nSPS) is 10.1. The van der Waals surface area contributed by atoms with Gasteiger partial charge in [0.25, 0.3) is 0 Å². The lowest BCUT2D eigenvalue weighted by Crippen LogP contribution is -2.16. The zero-order chi connectivity index (χ0) is 14.7. The Morgan fingerprint density at radius 2 is 2.19 bits per heavy atom. The molecule has 0 amide bonds. The monoisotopic (exact) mass is 296 g/mol. The molecule has 2 heterocycles. The summed E-state index contributed by atoms with van der Waals surface area (Å²) in [6.07, 6.45) is 1.49. The van der Waals surface area contributed by atoms with Crippen LogP contribution in [0.15, 0.2) is 47.5 Å². The molecular weight excluding hydrogens is 284 g/mol. The predicted molar refractivity (Wildman–Crippen MR) is 83.1 cm³/mol. The number of benzene rings is 1. The molecule has 0 bridgehead atoms. The van der Waals surface area contributed by atoms with Gasteiger partial charge in [-0.3, -0.25) is 4.57 Å². The summed E-state index contributed by atoms with van der Waals surface area (Å²) < 4.78 is 1.51. The molecule has 0 saturated heterocycles. The van der Waals surface area contributed by atoms with E-state index in [0.29, 0.717) is 12.2 Å². The van der Waals surface area contributed by atoms with Crippen molar-refractivity contribution in [2.75, 3.05) is 5.73 Å². The minimum Gasteiger partial charge on any atom is -0.399 e. The summed E-state index contributed by atoms with van der Waals surface area (Å²) in [5.41, 5.74) is 7.09. The van der Waals surface area contributed by atoms with Crippen molar-refractivity contribution in [3.8, 4) is 11.8 Å². The maximum Gasteiger partial charge on any atom is 0.343 e. The molecule has 0 aliphatic carbocycles. The zero-order valence-corrected chi connectivity index (χ0v) is 11.9. The van der Waals surface area contributed by atoms with Crippen molar-refractivity contribution in [1.82, 2.24) is 14.8 Å². The molecular formula is C15H12N4OS. The number of H-pyrrole nitrogens is 1. The van der Waals surface area contributed by atoms with Crippen LogP contribution in [0.2, 0.25) is 0 Å². The molecule has 6 heteroatoms. The van der Waals surface area contributed by atoms with Gasteiger partial charge in [0.1, 0.15) is 6.33 Å². The topological polar surface area (TPSA) is 76.7 Å². The molecule has 3 rings (SSSR count). The van der Waals surface area contributed by atoms with Gasteiger partial charge in [-0.1, -0.05) is 17.9 Å². The predicted octanol–water partition coefficient (Wildman–Crippen LogP) is 1.66. The van der Waals surface area contributed by atoms with E-state index >= 15 is 0 Å². The molecule has 0 fully saturated rings. The van der Waals surface area contributed by atoms with E-state index in [-0.39, 0.29) is 5.69 Å². The number of nitrogen functional groups attached to an aromatic ring is 1. The second-order valence-corrected chi connectivity index (χ2v) is 5.60. The molecule has 0 saturated carbocycles. The number of nitrogens with zero attached hydrogens (tertiary/aromatic N) is 2. The van der Waals surface area contributed by atoms with Gasteiger partial charge in [-0.15, -0.1) is 11.3 Å². The van der Waals surface area contributed by atoms with Crippen LogP contribution in [0, 0.1) is 11.8 Å². The average molecular weight is 296 g/mol. The van der Waals surface area contributed by atoms with Gasteiger partial charge >= 0.3 is 5.69 Å². The number of hydrogen-bond donors (Lipinski definition) is 2. The summed E-state index contributed by atoms with van der Waals surface area (Å²) in [7, 11) is 0. The van der Waals surface area contributed by atoms with Crippen LogP contribution in [0.3, 0.4) is 0 Å². The van der Waals surface area contributed by atoms with E-state index in [9.17, 15) is 4.79 Å². The number of aromatic nitrogens is 3. The van der Waals surface area contributed by atoms with Crippen LogP contribution >= 0.6 is 11.3 Å². The Bertz CT molecular complexity index is 878. The van der Waals surface area contributed by atoms with E-state index in [4.69, 9.17) is 5.73 Å². The first-order valence-electron chi connectivity index (χ1n) is 6.27. The maximum absolute atomic E-state index is 11.4. The molecule has 104 valence electrons. The Hall–Kier alpha value is -2.78. The largest absolute Gasteiger partial charge is 0.399 e. The van der Waals surface area contributed by atoms with Crippen molar-refractivity contribution in [3.05, 3.63) is 68.5 Å². The van der Waals surface area contributed by atoms with Crippen molar-refractivity contribution < 1.29 is 0 Å². The molecule has 0 atom stereocenters. The van der Waals surface area contributed by atoms with E-state index in [0.717, 1.165) is 15.3 Å². The van der Waals surface area contributed by atoms with Crippen LogP contribution in [-0.4, -0.2) is 14.8 Å². The average Bonchev–Trinajstić information content (AvgIpc) is 3.07. The maximum atomic E-state index is 11.4. The minimum atomic E-state index is -0.212. The summed E-state index contributed by atoms with van der Waals surface area (Å²) in [4.78, 5) is 13.4. The van der Waals surface area contributed by atoms with Gasteiger partial charge in [0.2, 0.25) is 0 Å².